The van der Waals surface area contributed by atoms with Gasteiger partial charge in [-0.05, 0) is 30.5 Å². The van der Waals surface area contributed by atoms with Gasteiger partial charge in [0.1, 0.15) is 12.6 Å². The molecule has 11 nitrogen and oxygen atoms in total. The highest BCUT2D eigenvalue weighted by atomic mass is 32.2. The van der Waals surface area contributed by atoms with Gasteiger partial charge in [-0.25, -0.2) is 8.42 Å². The summed E-state index contributed by atoms with van der Waals surface area (Å²) in [6, 6.07) is 5.89. The molecule has 2 heterocycles. The molecule has 1 atom stereocenters. The number of carbonyl (C=O) groups is 3. The molecule has 208 valence electrons. The van der Waals surface area contributed by atoms with Crippen LogP contribution in [0.25, 0.3) is 0 Å². The van der Waals surface area contributed by atoms with Crippen molar-refractivity contribution in [1.29, 1.82) is 0 Å². The Morgan fingerprint density at radius 1 is 1.05 bits per heavy atom. The summed E-state index contributed by atoms with van der Waals surface area (Å²) >= 11 is 0. The molecule has 2 aliphatic rings. The fraction of sp³-hybridized carbons (Fsp3) is 0.577. The molecule has 0 unspecified atom stereocenters. The lowest BCUT2D eigenvalue weighted by atomic mass is 9.83. The van der Waals surface area contributed by atoms with Gasteiger partial charge in [0, 0.05) is 45.3 Å². The molecule has 2 fully saturated rings. The third-order valence-corrected chi connectivity index (χ3v) is 7.73. The van der Waals surface area contributed by atoms with Crippen molar-refractivity contribution in [3.63, 3.8) is 0 Å². The largest absolute Gasteiger partial charge is 0.377 e. The van der Waals surface area contributed by atoms with E-state index in [0.717, 1.165) is 5.56 Å². The maximum atomic E-state index is 13.0. The van der Waals surface area contributed by atoms with Crippen LogP contribution in [0.2, 0.25) is 0 Å². The van der Waals surface area contributed by atoms with Crippen LogP contribution >= 0.6 is 0 Å². The summed E-state index contributed by atoms with van der Waals surface area (Å²) in [6.45, 7) is 2.67. The SMILES string of the molecule is C#CC[C@H]1NC(=O)CC2(CCN(Cc3ccc(S(C)(=O)=O)cc3)CC2)NC(=O)COCCOCCNC1=O. The van der Waals surface area contributed by atoms with E-state index in [1.807, 2.05) is 0 Å². The number of terminal acetylenes is 1. The van der Waals surface area contributed by atoms with E-state index < -0.39 is 27.3 Å². The number of nitrogens with zero attached hydrogens (tertiary/aromatic N) is 1. The molecule has 12 heteroatoms. The van der Waals surface area contributed by atoms with Crippen LogP contribution in [-0.4, -0.2) is 94.9 Å². The van der Waals surface area contributed by atoms with Gasteiger partial charge in [-0.15, -0.1) is 12.3 Å². The van der Waals surface area contributed by atoms with Gasteiger partial charge in [-0.3, -0.25) is 19.3 Å². The quantitative estimate of drug-likeness (QED) is 0.432. The summed E-state index contributed by atoms with van der Waals surface area (Å²) in [7, 11) is -3.26. The number of amides is 3. The minimum absolute atomic E-state index is 0.00685. The molecule has 0 bridgehead atoms. The van der Waals surface area contributed by atoms with Crippen LogP contribution < -0.4 is 16.0 Å². The van der Waals surface area contributed by atoms with E-state index in [9.17, 15) is 22.8 Å². The minimum Gasteiger partial charge on any atom is -0.377 e. The van der Waals surface area contributed by atoms with Crippen molar-refractivity contribution in [2.24, 2.45) is 0 Å². The van der Waals surface area contributed by atoms with E-state index in [2.05, 4.69) is 26.8 Å². The van der Waals surface area contributed by atoms with Crippen LogP contribution in [0.15, 0.2) is 29.2 Å². The molecule has 3 rings (SSSR count). The lowest BCUT2D eigenvalue weighted by Crippen LogP contribution is -2.58. The predicted molar refractivity (Wildman–Crippen MR) is 140 cm³/mol. The zero-order valence-corrected chi connectivity index (χ0v) is 22.5. The molecule has 2 aliphatic heterocycles. The number of likely N-dealkylation sites (tertiary alicyclic amines) is 1. The molecule has 1 spiro atoms. The van der Waals surface area contributed by atoms with E-state index >= 15 is 0 Å². The molecule has 0 saturated carbocycles. The first-order valence-corrected chi connectivity index (χ1v) is 14.5. The van der Waals surface area contributed by atoms with E-state index in [1.165, 1.54) is 6.26 Å². The van der Waals surface area contributed by atoms with Crippen LogP contribution in [0.3, 0.4) is 0 Å². The number of piperidine rings is 1. The molecule has 2 saturated heterocycles. The van der Waals surface area contributed by atoms with Crippen LogP contribution in [0.5, 0.6) is 0 Å². The highest BCUT2D eigenvalue weighted by molar-refractivity contribution is 7.90. The highest BCUT2D eigenvalue weighted by Crippen LogP contribution is 2.27. The molecule has 0 aliphatic carbocycles. The van der Waals surface area contributed by atoms with Gasteiger partial charge in [0.25, 0.3) is 0 Å². The molecule has 0 radical (unpaired) electrons. The number of hydrogen-bond acceptors (Lipinski definition) is 8. The third kappa shape index (κ3) is 9.09. The van der Waals surface area contributed by atoms with Crippen LogP contribution in [0, 0.1) is 12.3 Å². The smallest absolute Gasteiger partial charge is 0.246 e. The molecule has 38 heavy (non-hydrogen) atoms. The summed E-state index contributed by atoms with van der Waals surface area (Å²) in [5.74, 6) is 1.33. The van der Waals surface area contributed by atoms with Gasteiger partial charge in [0.05, 0.1) is 30.3 Å². The molecule has 0 aromatic heterocycles. The van der Waals surface area contributed by atoms with Crippen molar-refractivity contribution < 1.29 is 32.3 Å². The van der Waals surface area contributed by atoms with Gasteiger partial charge < -0.3 is 25.4 Å². The van der Waals surface area contributed by atoms with Crippen molar-refractivity contribution in [3.8, 4) is 12.3 Å². The normalized spacial score (nSPS) is 22.6. The summed E-state index contributed by atoms with van der Waals surface area (Å²) in [5.41, 5.74) is 0.151. The van der Waals surface area contributed by atoms with E-state index in [1.54, 1.807) is 24.3 Å². The summed E-state index contributed by atoms with van der Waals surface area (Å²) in [5, 5.41) is 8.45. The standard InChI is InChI=1S/C26H36N4O7S/c1-3-4-22-25(33)27-11-14-36-15-16-37-19-24(32)29-26(17-23(31)28-22)9-12-30(13-10-26)18-20-5-7-21(8-6-20)38(2,34)35/h1,5-8,22H,4,9-19H2,2H3,(H,27,33)(H,28,31)(H,29,32)/t22-/m1/s1. The van der Waals surface area contributed by atoms with Gasteiger partial charge in [0.2, 0.25) is 17.7 Å². The van der Waals surface area contributed by atoms with Gasteiger partial charge in [-0.1, -0.05) is 12.1 Å². The lowest BCUT2D eigenvalue weighted by Gasteiger charge is -2.42. The number of ether oxygens (including phenoxy) is 2. The average Bonchev–Trinajstić information content (AvgIpc) is 2.86. The summed E-state index contributed by atoms with van der Waals surface area (Å²) < 4.78 is 34.2. The molecular formula is C26H36N4O7S. The fourth-order valence-corrected chi connectivity index (χ4v) is 5.18. The van der Waals surface area contributed by atoms with Gasteiger partial charge in [-0.2, -0.15) is 0 Å². The molecule has 1 aromatic carbocycles. The van der Waals surface area contributed by atoms with Crippen molar-refractivity contribution >= 4 is 27.6 Å². The minimum atomic E-state index is -3.26. The fourth-order valence-electron chi connectivity index (χ4n) is 4.55. The van der Waals surface area contributed by atoms with Crippen molar-refractivity contribution in [2.45, 2.75) is 48.7 Å². The highest BCUT2D eigenvalue weighted by Gasteiger charge is 2.38. The number of sulfone groups is 1. The molecule has 3 N–H and O–H groups in total. The number of carbonyl (C=O) groups excluding carboxylic acids is 3. The van der Waals surface area contributed by atoms with Crippen molar-refractivity contribution in [2.75, 3.05) is 52.3 Å². The summed E-state index contributed by atoms with van der Waals surface area (Å²) in [6.07, 6.45) is 7.63. The van der Waals surface area contributed by atoms with Gasteiger partial charge in [0.15, 0.2) is 9.84 Å². The Kier molecular flexibility index (Phi) is 10.7. The Morgan fingerprint density at radius 2 is 1.74 bits per heavy atom. The number of hydrogen-bond donors (Lipinski definition) is 3. The van der Waals surface area contributed by atoms with Crippen molar-refractivity contribution in [3.05, 3.63) is 29.8 Å². The van der Waals surface area contributed by atoms with E-state index in [-0.39, 0.29) is 62.5 Å². The molecule has 3 amide bonds. The number of nitrogens with one attached hydrogen (secondary N) is 3. The zero-order chi connectivity index (χ0) is 27.6. The first-order chi connectivity index (χ1) is 18.1. The second-order valence-corrected chi connectivity index (χ2v) is 11.7. The lowest BCUT2D eigenvalue weighted by molar-refractivity contribution is -0.133. The second-order valence-electron chi connectivity index (χ2n) is 9.68. The van der Waals surface area contributed by atoms with E-state index in [0.29, 0.717) is 32.5 Å². The maximum Gasteiger partial charge on any atom is 0.246 e. The monoisotopic (exact) mass is 548 g/mol. The predicted octanol–water partition coefficient (Wildman–Crippen LogP) is -0.398. The van der Waals surface area contributed by atoms with Crippen LogP contribution in [-0.2, 0) is 40.2 Å². The maximum absolute atomic E-state index is 13.0. The first kappa shape index (κ1) is 29.6. The Hall–Kier alpha value is -2.98. The Balaban J connectivity index is 1.68. The average molecular weight is 549 g/mol. The van der Waals surface area contributed by atoms with Crippen molar-refractivity contribution in [1.82, 2.24) is 20.9 Å². The van der Waals surface area contributed by atoms with Crippen LogP contribution in [0.4, 0.5) is 0 Å². The number of benzene rings is 1. The Labute approximate surface area is 223 Å². The van der Waals surface area contributed by atoms with Gasteiger partial charge >= 0.3 is 0 Å². The molecular weight excluding hydrogens is 512 g/mol. The Morgan fingerprint density at radius 3 is 2.39 bits per heavy atom. The number of rotatable bonds is 4. The topological polar surface area (TPSA) is 143 Å². The second kappa shape index (κ2) is 13.7. The summed E-state index contributed by atoms with van der Waals surface area (Å²) in [4.78, 5) is 40.7. The van der Waals surface area contributed by atoms with E-state index in [4.69, 9.17) is 15.9 Å². The van der Waals surface area contributed by atoms with Crippen LogP contribution in [0.1, 0.15) is 31.2 Å². The Bertz CT molecular complexity index is 1120. The zero-order valence-electron chi connectivity index (χ0n) is 21.7. The molecule has 1 aromatic rings. The first-order valence-electron chi connectivity index (χ1n) is 12.6. The third-order valence-electron chi connectivity index (χ3n) is 6.60.